The zero-order valence-corrected chi connectivity index (χ0v) is 28.4. The molecule has 8 aromatic carbocycles. The summed E-state index contributed by atoms with van der Waals surface area (Å²) in [6.45, 7) is 0. The normalized spacial score (nSPS) is 12.0. The topological polar surface area (TPSA) is 16.4 Å². The number of hydrogen-bond acceptors (Lipinski definition) is 4. The van der Waals surface area contributed by atoms with E-state index in [1.807, 2.05) is 22.7 Å². The van der Waals surface area contributed by atoms with E-state index in [2.05, 4.69) is 169 Å². The van der Waals surface area contributed by atoms with Crippen molar-refractivity contribution in [1.82, 2.24) is 0 Å². The highest BCUT2D eigenvalue weighted by Gasteiger charge is 2.25. The summed E-state index contributed by atoms with van der Waals surface area (Å²) in [5.41, 5.74) is 7.60. The highest BCUT2D eigenvalue weighted by Crippen LogP contribution is 2.51. The number of thiophene rings is 2. The van der Waals surface area contributed by atoms with Crippen LogP contribution in [0.3, 0.4) is 0 Å². The molecular weight excluding hydrogens is 647 g/mol. The number of benzene rings is 8. The first-order valence-electron chi connectivity index (χ1n) is 16.8. The van der Waals surface area contributed by atoms with E-state index in [0.29, 0.717) is 0 Å². The molecule has 0 aliphatic heterocycles. The molecule has 0 spiro atoms. The minimum absolute atomic E-state index is 0.880. The van der Waals surface area contributed by atoms with Crippen LogP contribution in [0, 0.1) is 0 Å². The number of nitrogens with zero attached hydrogens (tertiary/aromatic N) is 1. The Kier molecular flexibility index (Phi) is 6.03. The second-order valence-corrected chi connectivity index (χ2v) is 14.9. The second kappa shape index (κ2) is 10.8. The van der Waals surface area contributed by atoms with Gasteiger partial charge in [-0.15, -0.1) is 22.7 Å². The van der Waals surface area contributed by atoms with Crippen LogP contribution in [0.1, 0.15) is 0 Å². The Balaban J connectivity index is 1.27. The third kappa shape index (κ3) is 4.01. The first-order chi connectivity index (χ1) is 24.8. The number of anilines is 3. The van der Waals surface area contributed by atoms with Crippen molar-refractivity contribution in [2.24, 2.45) is 0 Å². The zero-order valence-electron chi connectivity index (χ0n) is 26.8. The summed E-state index contributed by atoms with van der Waals surface area (Å²) in [5.74, 6) is 0. The molecule has 2 nitrogen and oxygen atoms in total. The monoisotopic (exact) mass is 673 g/mol. The van der Waals surface area contributed by atoms with E-state index in [1.165, 1.54) is 56.9 Å². The predicted molar refractivity (Wildman–Crippen MR) is 217 cm³/mol. The maximum Gasteiger partial charge on any atom is 0.143 e. The van der Waals surface area contributed by atoms with Gasteiger partial charge in [0.1, 0.15) is 11.2 Å². The predicted octanol–water partition coefficient (Wildman–Crippen LogP) is 14.6. The molecule has 234 valence electrons. The summed E-state index contributed by atoms with van der Waals surface area (Å²) in [5, 5.41) is 9.66. The number of hydrogen-bond donors (Lipinski definition) is 0. The van der Waals surface area contributed by atoms with Gasteiger partial charge in [-0.1, -0.05) is 115 Å². The first-order valence-corrected chi connectivity index (χ1v) is 18.5. The Bertz CT molecular complexity index is 3130. The van der Waals surface area contributed by atoms with Crippen LogP contribution in [0.2, 0.25) is 0 Å². The van der Waals surface area contributed by atoms with Gasteiger partial charge in [-0.25, -0.2) is 0 Å². The number of fused-ring (bicyclic) bond motifs is 11. The summed E-state index contributed by atoms with van der Waals surface area (Å²) in [6, 6.07) is 59.4. The molecule has 11 rings (SSSR count). The third-order valence-electron chi connectivity index (χ3n) is 10.1. The van der Waals surface area contributed by atoms with Gasteiger partial charge in [-0.3, -0.25) is 0 Å². The van der Waals surface area contributed by atoms with Crippen molar-refractivity contribution in [2.75, 3.05) is 4.90 Å². The molecule has 0 unspecified atom stereocenters. The van der Waals surface area contributed by atoms with Crippen molar-refractivity contribution in [1.29, 1.82) is 0 Å². The summed E-state index contributed by atoms with van der Waals surface area (Å²) in [4.78, 5) is 2.50. The fourth-order valence-corrected chi connectivity index (χ4v) is 10.3. The Labute approximate surface area is 295 Å². The molecule has 0 fully saturated rings. The van der Waals surface area contributed by atoms with Gasteiger partial charge in [0.05, 0.1) is 22.4 Å². The molecule has 3 heterocycles. The largest absolute Gasteiger partial charge is 0.455 e. The van der Waals surface area contributed by atoms with Crippen molar-refractivity contribution in [2.45, 2.75) is 0 Å². The van der Waals surface area contributed by atoms with Crippen molar-refractivity contribution >= 4 is 113 Å². The number of para-hydroxylation sites is 1. The van der Waals surface area contributed by atoms with E-state index < -0.39 is 0 Å². The van der Waals surface area contributed by atoms with Gasteiger partial charge in [-0.2, -0.15) is 0 Å². The second-order valence-electron chi connectivity index (χ2n) is 12.8. The lowest BCUT2D eigenvalue weighted by Crippen LogP contribution is -2.12. The molecule has 0 bridgehead atoms. The van der Waals surface area contributed by atoms with E-state index in [-0.39, 0.29) is 0 Å². The summed E-state index contributed by atoms with van der Waals surface area (Å²) in [6.07, 6.45) is 0. The van der Waals surface area contributed by atoms with Crippen molar-refractivity contribution in [3.05, 3.63) is 164 Å². The molecule has 50 heavy (non-hydrogen) atoms. The lowest BCUT2D eigenvalue weighted by Gasteiger charge is -2.29. The Hall–Kier alpha value is -5.94. The molecule has 11 aromatic rings. The molecule has 0 aliphatic carbocycles. The molecule has 0 atom stereocenters. The molecule has 0 aliphatic rings. The summed E-state index contributed by atoms with van der Waals surface area (Å²) >= 11 is 3.73. The summed E-state index contributed by atoms with van der Waals surface area (Å²) in [7, 11) is 0. The van der Waals surface area contributed by atoms with E-state index in [9.17, 15) is 0 Å². The van der Waals surface area contributed by atoms with Gasteiger partial charge in [0, 0.05) is 62.2 Å². The molecular formula is C46H27NOS2. The lowest BCUT2D eigenvalue weighted by molar-refractivity contribution is 0.672. The Morgan fingerprint density at radius 2 is 1.00 bits per heavy atom. The molecule has 0 saturated heterocycles. The van der Waals surface area contributed by atoms with Crippen LogP contribution >= 0.6 is 22.7 Å². The zero-order chi connectivity index (χ0) is 32.8. The summed E-state index contributed by atoms with van der Waals surface area (Å²) < 4.78 is 11.9. The van der Waals surface area contributed by atoms with Crippen LogP contribution in [-0.2, 0) is 0 Å². The Morgan fingerprint density at radius 1 is 0.380 bits per heavy atom. The van der Waals surface area contributed by atoms with Gasteiger partial charge >= 0.3 is 0 Å². The molecule has 4 heteroatoms. The molecule has 0 amide bonds. The smallest absolute Gasteiger partial charge is 0.143 e. The highest BCUT2D eigenvalue weighted by molar-refractivity contribution is 7.26. The SMILES string of the molecule is c1ccc(N(c2cccc3oc4c5ccccc5ccc4c23)c2cccc3sc4ccccc4c23)c(-c2cccc3c2sc2ccccc23)c1. The maximum absolute atomic E-state index is 6.75. The molecule has 0 radical (unpaired) electrons. The van der Waals surface area contributed by atoms with Crippen LogP contribution in [-0.4, -0.2) is 0 Å². The fourth-order valence-electron chi connectivity index (χ4n) is 7.91. The van der Waals surface area contributed by atoms with E-state index >= 15 is 0 Å². The van der Waals surface area contributed by atoms with Crippen molar-refractivity contribution < 1.29 is 4.42 Å². The number of rotatable bonds is 4. The van der Waals surface area contributed by atoms with Gasteiger partial charge in [0.2, 0.25) is 0 Å². The van der Waals surface area contributed by atoms with Crippen molar-refractivity contribution in [3.8, 4) is 11.1 Å². The van der Waals surface area contributed by atoms with Crippen LogP contribution in [0.5, 0.6) is 0 Å². The molecule has 0 N–H and O–H groups in total. The maximum atomic E-state index is 6.75. The minimum atomic E-state index is 0.880. The molecule has 0 saturated carbocycles. The van der Waals surface area contributed by atoms with Gasteiger partial charge in [0.25, 0.3) is 0 Å². The quantitative estimate of drug-likeness (QED) is 0.185. The van der Waals surface area contributed by atoms with E-state index in [4.69, 9.17) is 4.42 Å². The first kappa shape index (κ1) is 28.0. The number of furan rings is 1. The standard InChI is InChI=1S/C46H27NOS2/c1-2-13-29-28(12-1)26-27-35-43-37(20-10-22-39(43)48-45(29)35)47(38-21-11-25-42-44(38)34-16-5-8-24-41(34)49-42)36-19-6-3-14-30(36)32-17-9-18-33-31-15-4-7-23-40(31)50-46(32)33/h1-27H. The molecule has 3 aromatic heterocycles. The van der Waals surface area contributed by atoms with E-state index in [0.717, 1.165) is 44.4 Å². The van der Waals surface area contributed by atoms with Crippen LogP contribution < -0.4 is 4.90 Å². The van der Waals surface area contributed by atoms with Crippen molar-refractivity contribution in [3.63, 3.8) is 0 Å². The highest BCUT2D eigenvalue weighted by atomic mass is 32.1. The van der Waals surface area contributed by atoms with Gasteiger partial charge < -0.3 is 9.32 Å². The van der Waals surface area contributed by atoms with Gasteiger partial charge in [-0.05, 0) is 53.9 Å². The third-order valence-corrected chi connectivity index (χ3v) is 12.4. The van der Waals surface area contributed by atoms with Crippen LogP contribution in [0.25, 0.3) is 84.2 Å². The minimum Gasteiger partial charge on any atom is -0.455 e. The van der Waals surface area contributed by atoms with Crippen LogP contribution in [0.4, 0.5) is 17.1 Å². The fraction of sp³-hybridized carbons (Fsp3) is 0. The average molecular weight is 674 g/mol. The van der Waals surface area contributed by atoms with Gasteiger partial charge in [0.15, 0.2) is 0 Å². The Morgan fingerprint density at radius 3 is 1.90 bits per heavy atom. The van der Waals surface area contributed by atoms with E-state index in [1.54, 1.807) is 0 Å². The average Bonchev–Trinajstić information content (AvgIpc) is 3.87. The lowest BCUT2D eigenvalue weighted by atomic mass is 9.98. The van der Waals surface area contributed by atoms with Crippen LogP contribution in [0.15, 0.2) is 168 Å².